The van der Waals surface area contributed by atoms with Crippen LogP contribution in [0.3, 0.4) is 0 Å². The van der Waals surface area contributed by atoms with Gasteiger partial charge in [0.05, 0.1) is 12.2 Å². The number of nitrogens with one attached hydrogen (secondary N) is 1. The van der Waals surface area contributed by atoms with Crippen LogP contribution in [-0.2, 0) is 14.3 Å². The molecular formula is C27H42N4O3. The zero-order valence-electron chi connectivity index (χ0n) is 22.1. The van der Waals surface area contributed by atoms with Crippen LogP contribution in [0.4, 0.5) is 0 Å². The van der Waals surface area contributed by atoms with Crippen molar-refractivity contribution >= 4 is 5.91 Å². The predicted molar refractivity (Wildman–Crippen MR) is 141 cm³/mol. The first-order chi connectivity index (χ1) is 16.2. The minimum absolute atomic E-state index is 0.0417. The monoisotopic (exact) mass is 470 g/mol. The highest BCUT2D eigenvalue weighted by Crippen LogP contribution is 2.44. The molecule has 0 fully saturated rings. The molecule has 7 nitrogen and oxygen atoms in total. The number of ether oxygens (including phenoxy) is 2. The van der Waals surface area contributed by atoms with E-state index in [0.29, 0.717) is 18.9 Å². The second-order valence-electron chi connectivity index (χ2n) is 8.48. The first-order valence-corrected chi connectivity index (χ1v) is 11.6. The summed E-state index contributed by atoms with van der Waals surface area (Å²) in [5, 5.41) is 5.75. The summed E-state index contributed by atoms with van der Waals surface area (Å²) in [4.78, 5) is 12.6. The Morgan fingerprint density at radius 2 is 1.50 bits per heavy atom. The number of hydrogen-bond donors (Lipinski definition) is 1. The number of benzene rings is 2. The molecule has 1 aliphatic rings. The fourth-order valence-electron chi connectivity index (χ4n) is 2.93. The van der Waals surface area contributed by atoms with E-state index in [2.05, 4.69) is 63.9 Å². The van der Waals surface area contributed by atoms with Gasteiger partial charge in [-0.2, -0.15) is 0 Å². The maximum atomic E-state index is 10.1. The molecule has 0 saturated carbocycles. The second kappa shape index (κ2) is 17.6. The Morgan fingerprint density at radius 1 is 1.03 bits per heavy atom. The summed E-state index contributed by atoms with van der Waals surface area (Å²) in [5.41, 5.74) is 13.2. The SMILES string of the molecule is CCC(=O)NC.CCCN=[N+]=[N-].COC(C)(C)C.COCC1c2ccccc2-c2ccccc21. The molecule has 0 aromatic heterocycles. The summed E-state index contributed by atoms with van der Waals surface area (Å²) in [6.45, 7) is 11.2. The Kier molecular flexibility index (Phi) is 16.1. The first-order valence-electron chi connectivity index (χ1n) is 11.6. The van der Waals surface area contributed by atoms with E-state index >= 15 is 0 Å². The standard InChI is InChI=1S/C15H14O.C5H12O.C4H9NO.C3H7N3/c1-16-10-15-13-8-4-2-6-11(13)12-7-3-5-9-14(12)15;1-5(2,3)6-4;1-3-4(6)5-2;1-2-3-5-6-4/h2-9,15H,10H2,1H3;1-4H3;3H2,1-2H3,(H,5,6);2-3H2,1H3. The lowest BCUT2D eigenvalue weighted by Gasteiger charge is -2.14. The highest BCUT2D eigenvalue weighted by atomic mass is 16.5. The van der Waals surface area contributed by atoms with Gasteiger partial charge in [-0.3, -0.25) is 4.79 Å². The van der Waals surface area contributed by atoms with Crippen molar-refractivity contribution in [3.8, 4) is 11.1 Å². The fraction of sp³-hybridized carbons (Fsp3) is 0.519. The van der Waals surface area contributed by atoms with Crippen molar-refractivity contribution in [1.82, 2.24) is 5.32 Å². The molecule has 0 bridgehead atoms. The van der Waals surface area contributed by atoms with E-state index in [1.165, 1.54) is 22.3 Å². The third-order valence-electron chi connectivity index (χ3n) is 4.90. The third kappa shape index (κ3) is 11.8. The lowest BCUT2D eigenvalue weighted by Crippen LogP contribution is -2.15. The van der Waals surface area contributed by atoms with E-state index in [-0.39, 0.29) is 11.5 Å². The van der Waals surface area contributed by atoms with Gasteiger partial charge >= 0.3 is 0 Å². The molecule has 0 radical (unpaired) electrons. The van der Waals surface area contributed by atoms with Gasteiger partial charge in [-0.1, -0.05) is 73.9 Å². The van der Waals surface area contributed by atoms with Crippen molar-refractivity contribution in [2.45, 2.75) is 59.0 Å². The van der Waals surface area contributed by atoms with Gasteiger partial charge in [0.15, 0.2) is 0 Å². The van der Waals surface area contributed by atoms with Crippen molar-refractivity contribution in [2.24, 2.45) is 5.11 Å². The normalized spacial score (nSPS) is 11.1. The average molecular weight is 471 g/mol. The maximum Gasteiger partial charge on any atom is 0.219 e. The zero-order chi connectivity index (χ0) is 26.0. The minimum Gasteiger partial charge on any atom is -0.384 e. The predicted octanol–water partition coefficient (Wildman–Crippen LogP) is 6.73. The Balaban J connectivity index is 0.000000507. The molecule has 2 aromatic carbocycles. The molecule has 0 saturated heterocycles. The van der Waals surface area contributed by atoms with Crippen LogP contribution in [0.15, 0.2) is 53.6 Å². The van der Waals surface area contributed by atoms with Crippen LogP contribution in [0.5, 0.6) is 0 Å². The van der Waals surface area contributed by atoms with Gasteiger partial charge in [0, 0.05) is 45.1 Å². The van der Waals surface area contributed by atoms with Crippen molar-refractivity contribution in [3.63, 3.8) is 0 Å². The highest BCUT2D eigenvalue weighted by molar-refractivity contribution is 5.78. The fourth-order valence-corrected chi connectivity index (χ4v) is 2.93. The lowest BCUT2D eigenvalue weighted by molar-refractivity contribution is -0.120. The smallest absolute Gasteiger partial charge is 0.219 e. The molecule has 0 heterocycles. The van der Waals surface area contributed by atoms with Gasteiger partial charge in [-0.05, 0) is 48.6 Å². The van der Waals surface area contributed by atoms with Crippen LogP contribution >= 0.6 is 0 Å². The summed E-state index contributed by atoms with van der Waals surface area (Å²) >= 11 is 0. The number of carbonyl (C=O) groups excluding carboxylic acids is 1. The van der Waals surface area contributed by atoms with Gasteiger partial charge in [-0.25, -0.2) is 0 Å². The average Bonchev–Trinajstić information content (AvgIpc) is 3.17. The van der Waals surface area contributed by atoms with E-state index < -0.39 is 0 Å². The van der Waals surface area contributed by atoms with E-state index in [4.69, 9.17) is 15.0 Å². The zero-order valence-corrected chi connectivity index (χ0v) is 22.1. The van der Waals surface area contributed by atoms with Crippen LogP contribution in [0.1, 0.15) is 64.5 Å². The minimum atomic E-state index is 0.0417. The molecule has 1 aliphatic carbocycles. The molecule has 0 unspecified atom stereocenters. The topological polar surface area (TPSA) is 96.3 Å². The van der Waals surface area contributed by atoms with Crippen molar-refractivity contribution in [3.05, 3.63) is 70.1 Å². The van der Waals surface area contributed by atoms with Gasteiger partial charge in [0.2, 0.25) is 5.91 Å². The molecule has 1 amide bonds. The Hall–Kier alpha value is -2.86. The van der Waals surface area contributed by atoms with E-state index in [1.807, 2.05) is 34.6 Å². The highest BCUT2D eigenvalue weighted by Gasteiger charge is 2.27. The second-order valence-corrected chi connectivity index (χ2v) is 8.48. The summed E-state index contributed by atoms with van der Waals surface area (Å²) in [6.07, 6.45) is 1.51. The third-order valence-corrected chi connectivity index (χ3v) is 4.90. The Labute approximate surface area is 205 Å². The Bertz CT molecular complexity index is 836. The van der Waals surface area contributed by atoms with Crippen molar-refractivity contribution in [2.75, 3.05) is 34.4 Å². The Morgan fingerprint density at radius 3 is 1.76 bits per heavy atom. The molecule has 0 atom stereocenters. The van der Waals surface area contributed by atoms with Crippen LogP contribution in [-0.4, -0.2) is 45.9 Å². The molecular weight excluding hydrogens is 428 g/mol. The molecule has 3 rings (SSSR count). The van der Waals surface area contributed by atoms with Gasteiger partial charge in [-0.15, -0.1) is 0 Å². The molecule has 7 heteroatoms. The van der Waals surface area contributed by atoms with E-state index in [0.717, 1.165) is 13.0 Å². The van der Waals surface area contributed by atoms with E-state index in [9.17, 15) is 4.79 Å². The number of rotatable bonds is 5. The summed E-state index contributed by atoms with van der Waals surface area (Å²) in [6, 6.07) is 17.2. The number of nitrogens with zero attached hydrogens (tertiary/aromatic N) is 3. The molecule has 0 spiro atoms. The number of amides is 1. The molecule has 1 N–H and O–H groups in total. The summed E-state index contributed by atoms with van der Waals surface area (Å²) in [5.74, 6) is 0.493. The van der Waals surface area contributed by atoms with Crippen molar-refractivity contribution in [1.29, 1.82) is 0 Å². The first kappa shape index (κ1) is 31.1. The van der Waals surface area contributed by atoms with Crippen LogP contribution < -0.4 is 5.32 Å². The summed E-state index contributed by atoms with van der Waals surface area (Å²) in [7, 11) is 5.11. The number of carbonyl (C=O) groups is 1. The molecule has 2 aromatic rings. The van der Waals surface area contributed by atoms with Gasteiger partial charge in [0.25, 0.3) is 0 Å². The number of fused-ring (bicyclic) bond motifs is 3. The quantitative estimate of drug-likeness (QED) is 0.298. The number of methoxy groups -OCH3 is 2. The van der Waals surface area contributed by atoms with Crippen molar-refractivity contribution < 1.29 is 14.3 Å². The van der Waals surface area contributed by atoms with Crippen LogP contribution in [0.2, 0.25) is 0 Å². The van der Waals surface area contributed by atoms with E-state index in [1.54, 1.807) is 21.3 Å². The van der Waals surface area contributed by atoms with Gasteiger partial charge in [0.1, 0.15) is 0 Å². The van der Waals surface area contributed by atoms with Gasteiger partial charge < -0.3 is 14.8 Å². The molecule has 0 aliphatic heterocycles. The largest absolute Gasteiger partial charge is 0.384 e. The van der Waals surface area contributed by atoms with Crippen LogP contribution in [0.25, 0.3) is 21.6 Å². The molecule has 34 heavy (non-hydrogen) atoms. The number of azide groups is 1. The van der Waals surface area contributed by atoms with Crippen LogP contribution in [0, 0.1) is 0 Å². The molecule has 188 valence electrons. The lowest BCUT2D eigenvalue weighted by atomic mass is 9.98. The maximum absolute atomic E-state index is 10.1. The number of hydrogen-bond acceptors (Lipinski definition) is 4. The summed E-state index contributed by atoms with van der Waals surface area (Å²) < 4.78 is 10.3.